The molecule has 1 aliphatic rings. The quantitative estimate of drug-likeness (QED) is 0.918. The van der Waals surface area contributed by atoms with Crippen molar-refractivity contribution in [2.75, 3.05) is 6.54 Å². The van der Waals surface area contributed by atoms with Crippen LogP contribution in [0.5, 0.6) is 0 Å². The number of amides is 1. The highest BCUT2D eigenvalue weighted by atomic mass is 19.3. The fourth-order valence-electron chi connectivity index (χ4n) is 3.07. The molecule has 8 heteroatoms. The van der Waals surface area contributed by atoms with E-state index in [4.69, 9.17) is 0 Å². The molecule has 2 atom stereocenters. The molecule has 1 fully saturated rings. The number of carboxylic acid groups (broad SMARTS) is 1. The molecule has 1 saturated heterocycles. The van der Waals surface area contributed by atoms with Gasteiger partial charge in [-0.2, -0.15) is 13.9 Å². The van der Waals surface area contributed by atoms with Gasteiger partial charge in [-0.1, -0.05) is 6.92 Å². The smallest absolute Gasteiger partial charge is 0.333 e. The maximum Gasteiger partial charge on any atom is 0.333 e. The molecule has 6 nitrogen and oxygen atoms in total. The Morgan fingerprint density at radius 2 is 2.04 bits per heavy atom. The van der Waals surface area contributed by atoms with Gasteiger partial charge in [-0.25, -0.2) is 9.48 Å². The van der Waals surface area contributed by atoms with Crippen LogP contribution >= 0.6 is 0 Å². The molecule has 0 radical (unpaired) electrons. The number of aryl methyl sites for hydroxylation is 1. The molecule has 2 unspecified atom stereocenters. The fourth-order valence-corrected chi connectivity index (χ4v) is 3.07. The molecule has 1 aromatic heterocycles. The maximum atomic E-state index is 12.9. The monoisotopic (exact) mass is 329 g/mol. The number of nitrogens with zero attached hydrogens (tertiary/aromatic N) is 3. The van der Waals surface area contributed by atoms with Gasteiger partial charge in [-0.15, -0.1) is 0 Å². The third kappa shape index (κ3) is 3.51. The van der Waals surface area contributed by atoms with Crippen molar-refractivity contribution < 1.29 is 23.5 Å². The Bertz CT molecular complexity index is 615. The van der Waals surface area contributed by atoms with Crippen LogP contribution < -0.4 is 0 Å². The van der Waals surface area contributed by atoms with E-state index in [-0.39, 0.29) is 23.9 Å². The lowest BCUT2D eigenvalue weighted by Crippen LogP contribution is -2.50. The van der Waals surface area contributed by atoms with Crippen molar-refractivity contribution in [3.05, 3.63) is 17.0 Å². The number of hydrogen-bond donors (Lipinski definition) is 1. The molecular formula is C15H21F2N3O3. The lowest BCUT2D eigenvalue weighted by molar-refractivity contribution is -0.152. The van der Waals surface area contributed by atoms with E-state index < -0.39 is 18.6 Å². The van der Waals surface area contributed by atoms with Crippen molar-refractivity contribution in [1.82, 2.24) is 14.7 Å². The van der Waals surface area contributed by atoms with E-state index >= 15 is 0 Å². The summed E-state index contributed by atoms with van der Waals surface area (Å²) >= 11 is 0. The molecule has 0 aliphatic carbocycles. The first-order valence-corrected chi connectivity index (χ1v) is 7.57. The lowest BCUT2D eigenvalue weighted by Gasteiger charge is -2.36. The summed E-state index contributed by atoms with van der Waals surface area (Å²) in [6.45, 7) is 2.63. The average Bonchev–Trinajstić information content (AvgIpc) is 2.75. The highest BCUT2D eigenvalue weighted by molar-refractivity contribution is 5.85. The Hall–Kier alpha value is -1.99. The highest BCUT2D eigenvalue weighted by Gasteiger charge is 2.35. The number of aromatic nitrogens is 2. The zero-order valence-electron chi connectivity index (χ0n) is 13.4. The van der Waals surface area contributed by atoms with Gasteiger partial charge in [0.05, 0.1) is 12.1 Å². The summed E-state index contributed by atoms with van der Waals surface area (Å²) in [6, 6.07) is -0.850. The third-order valence-corrected chi connectivity index (χ3v) is 4.46. The van der Waals surface area contributed by atoms with E-state index in [1.54, 1.807) is 6.92 Å². The topological polar surface area (TPSA) is 75.4 Å². The molecule has 1 aliphatic heterocycles. The molecule has 23 heavy (non-hydrogen) atoms. The minimum atomic E-state index is -2.76. The predicted molar refractivity (Wildman–Crippen MR) is 78.2 cm³/mol. The molecule has 0 aromatic carbocycles. The number of carbonyl (C=O) groups is 2. The molecule has 2 heterocycles. The number of aliphatic carboxylic acids is 1. The van der Waals surface area contributed by atoms with Gasteiger partial charge in [-0.3, -0.25) is 4.79 Å². The summed E-state index contributed by atoms with van der Waals surface area (Å²) in [5.74, 6) is -1.14. The van der Waals surface area contributed by atoms with Crippen LogP contribution in [0.1, 0.15) is 43.3 Å². The van der Waals surface area contributed by atoms with Gasteiger partial charge < -0.3 is 10.0 Å². The second kappa shape index (κ2) is 6.64. The Labute approximate surface area is 133 Å². The zero-order valence-corrected chi connectivity index (χ0v) is 13.4. The van der Waals surface area contributed by atoms with Crippen LogP contribution in [0.25, 0.3) is 0 Å². The van der Waals surface area contributed by atoms with Gasteiger partial charge in [0.25, 0.3) is 0 Å². The molecule has 128 valence electrons. The van der Waals surface area contributed by atoms with Crippen molar-refractivity contribution in [2.45, 2.75) is 52.6 Å². The Morgan fingerprint density at radius 1 is 1.39 bits per heavy atom. The van der Waals surface area contributed by atoms with E-state index in [0.29, 0.717) is 28.9 Å². The van der Waals surface area contributed by atoms with E-state index in [9.17, 15) is 23.5 Å². The van der Waals surface area contributed by atoms with Gasteiger partial charge in [0.2, 0.25) is 5.91 Å². The molecule has 0 spiro atoms. The summed E-state index contributed by atoms with van der Waals surface area (Å²) < 4.78 is 26.3. The predicted octanol–water partition coefficient (Wildman–Crippen LogP) is 2.15. The number of rotatable bonds is 4. The van der Waals surface area contributed by atoms with E-state index in [2.05, 4.69) is 5.10 Å². The van der Waals surface area contributed by atoms with E-state index in [0.717, 1.165) is 6.42 Å². The van der Waals surface area contributed by atoms with Crippen LogP contribution in [0.2, 0.25) is 0 Å². The van der Waals surface area contributed by atoms with Crippen molar-refractivity contribution >= 4 is 11.9 Å². The minimum Gasteiger partial charge on any atom is -0.480 e. The number of hydrogen-bond acceptors (Lipinski definition) is 3. The number of halogens is 2. The molecule has 1 amide bonds. The normalized spacial score (nSPS) is 21.7. The summed E-state index contributed by atoms with van der Waals surface area (Å²) in [5, 5.41) is 13.1. The summed E-state index contributed by atoms with van der Waals surface area (Å²) in [5.41, 5.74) is 1.05. The molecular weight excluding hydrogens is 308 g/mol. The maximum absolute atomic E-state index is 12.9. The second-order valence-corrected chi connectivity index (χ2v) is 6.12. The van der Waals surface area contributed by atoms with E-state index in [1.165, 1.54) is 11.8 Å². The van der Waals surface area contributed by atoms with Crippen molar-refractivity contribution in [3.63, 3.8) is 0 Å². The first-order chi connectivity index (χ1) is 10.7. The number of carbonyl (C=O) groups excluding carboxylic acids is 1. The van der Waals surface area contributed by atoms with Crippen LogP contribution in [-0.4, -0.2) is 44.3 Å². The van der Waals surface area contributed by atoms with E-state index in [1.807, 2.05) is 6.92 Å². The lowest BCUT2D eigenvalue weighted by atomic mass is 9.92. The van der Waals surface area contributed by atoms with Crippen LogP contribution in [0, 0.1) is 19.8 Å². The van der Waals surface area contributed by atoms with Gasteiger partial charge in [0.15, 0.2) is 0 Å². The Kier molecular flexibility index (Phi) is 5.01. The largest absolute Gasteiger partial charge is 0.480 e. The molecule has 1 N–H and O–H groups in total. The summed E-state index contributed by atoms with van der Waals surface area (Å²) in [6.07, 6.45) is 1.04. The first-order valence-electron chi connectivity index (χ1n) is 7.57. The third-order valence-electron chi connectivity index (χ3n) is 4.46. The summed E-state index contributed by atoms with van der Waals surface area (Å²) in [4.78, 5) is 25.2. The molecule has 1 aromatic rings. The van der Waals surface area contributed by atoms with Crippen LogP contribution in [0.3, 0.4) is 0 Å². The van der Waals surface area contributed by atoms with Crippen LogP contribution in [-0.2, 0) is 16.0 Å². The van der Waals surface area contributed by atoms with Crippen molar-refractivity contribution in [3.8, 4) is 0 Å². The van der Waals surface area contributed by atoms with Crippen molar-refractivity contribution in [1.29, 1.82) is 0 Å². The number of carboxylic acids is 1. The standard InChI is InChI=1S/C15H21F2N3O3/c1-8-4-5-19(12(6-8)14(22)23)13(21)7-11-9(2)18-20(10(11)3)15(16)17/h8,12,15H,4-7H2,1-3H3,(H,22,23). The van der Waals surface area contributed by atoms with Gasteiger partial charge >= 0.3 is 12.5 Å². The minimum absolute atomic E-state index is 0.109. The molecule has 2 rings (SSSR count). The first kappa shape index (κ1) is 17.4. The van der Waals surface area contributed by atoms with Gasteiger partial charge in [0, 0.05) is 17.8 Å². The van der Waals surface area contributed by atoms with Crippen LogP contribution in [0.4, 0.5) is 8.78 Å². The Balaban J connectivity index is 2.20. The van der Waals surface area contributed by atoms with Crippen LogP contribution in [0.15, 0.2) is 0 Å². The fraction of sp³-hybridized carbons (Fsp3) is 0.667. The highest BCUT2D eigenvalue weighted by Crippen LogP contribution is 2.25. The molecule has 0 bridgehead atoms. The Morgan fingerprint density at radius 3 is 2.57 bits per heavy atom. The number of piperidine rings is 1. The zero-order chi connectivity index (χ0) is 17.3. The average molecular weight is 329 g/mol. The molecule has 0 saturated carbocycles. The van der Waals surface area contributed by atoms with Crippen molar-refractivity contribution in [2.24, 2.45) is 5.92 Å². The second-order valence-electron chi connectivity index (χ2n) is 6.12. The SMILES string of the molecule is Cc1nn(C(F)F)c(C)c1CC(=O)N1CCC(C)CC1C(=O)O. The summed E-state index contributed by atoms with van der Waals surface area (Å²) in [7, 11) is 0. The van der Waals surface area contributed by atoms with Gasteiger partial charge in [-0.05, 0) is 32.6 Å². The number of likely N-dealkylation sites (tertiary alicyclic amines) is 1. The number of alkyl halides is 2. The van der Waals surface area contributed by atoms with Gasteiger partial charge in [0.1, 0.15) is 6.04 Å².